The van der Waals surface area contributed by atoms with Gasteiger partial charge in [-0.2, -0.15) is 0 Å². The van der Waals surface area contributed by atoms with Gasteiger partial charge >= 0.3 is 14.5 Å². The summed E-state index contributed by atoms with van der Waals surface area (Å²) in [5.74, 6) is 1.54. The van der Waals surface area contributed by atoms with Crippen molar-refractivity contribution in [2.24, 2.45) is 11.8 Å². The van der Waals surface area contributed by atoms with E-state index in [-0.39, 0.29) is 0 Å². The van der Waals surface area contributed by atoms with Gasteiger partial charge in [-0.1, -0.05) is 83.7 Å². The fourth-order valence-corrected chi connectivity index (χ4v) is 6.37. The predicted molar refractivity (Wildman–Crippen MR) is 102 cm³/mol. The van der Waals surface area contributed by atoms with Crippen molar-refractivity contribution in [2.45, 2.75) is 97.4 Å². The highest BCUT2D eigenvalue weighted by Crippen LogP contribution is 2.20. The molecule has 0 aliphatic carbocycles. The Kier molecular flexibility index (Phi) is 14.1. The maximum Gasteiger partial charge on any atom is 0.462 e. The lowest BCUT2D eigenvalue weighted by Crippen LogP contribution is -2.42. The SMILES string of the molecule is CCCCN(CCCC)C(CC)[O][Al]([CH2]C(C)C)[CH2]C(C)C. The molecule has 0 heterocycles. The van der Waals surface area contributed by atoms with Crippen LogP contribution in [0.25, 0.3) is 0 Å². The zero-order valence-electron chi connectivity index (χ0n) is 16.5. The van der Waals surface area contributed by atoms with Crippen LogP contribution >= 0.6 is 0 Å². The molecule has 0 rings (SSSR count). The molecular formula is C19H42AlNO. The third kappa shape index (κ3) is 11.1. The molecule has 0 spiro atoms. The standard InChI is InChI=1S/C11H24NO.2C4H9.Al/c1-4-7-9-12(10-8-5-2)11(13)6-3;2*1-4(2)3;/h11H,4-10H2,1-3H3;2*4H,1H2,2-3H3;/q-1;;;+1. The second-order valence-corrected chi connectivity index (χ2v) is 10.1. The molecule has 132 valence electrons. The van der Waals surface area contributed by atoms with E-state index >= 15 is 0 Å². The van der Waals surface area contributed by atoms with E-state index in [0.717, 1.165) is 18.3 Å². The van der Waals surface area contributed by atoms with Crippen LogP contribution in [0.2, 0.25) is 10.6 Å². The summed E-state index contributed by atoms with van der Waals surface area (Å²) in [4.78, 5) is 2.63. The van der Waals surface area contributed by atoms with Gasteiger partial charge in [0.25, 0.3) is 0 Å². The molecule has 3 heteroatoms. The molecule has 0 aromatic carbocycles. The summed E-state index contributed by atoms with van der Waals surface area (Å²) in [6.45, 7) is 18.7. The van der Waals surface area contributed by atoms with Crippen LogP contribution < -0.4 is 0 Å². The van der Waals surface area contributed by atoms with E-state index in [4.69, 9.17) is 3.79 Å². The van der Waals surface area contributed by atoms with Gasteiger partial charge < -0.3 is 3.79 Å². The first-order chi connectivity index (χ1) is 10.4. The van der Waals surface area contributed by atoms with Gasteiger partial charge in [-0.3, -0.25) is 4.90 Å². The van der Waals surface area contributed by atoms with E-state index in [9.17, 15) is 0 Å². The molecule has 0 N–H and O–H groups in total. The molecule has 0 fully saturated rings. The zero-order chi connectivity index (χ0) is 17.0. The van der Waals surface area contributed by atoms with E-state index in [1.807, 2.05) is 0 Å². The quantitative estimate of drug-likeness (QED) is 0.289. The molecule has 0 saturated heterocycles. The van der Waals surface area contributed by atoms with Crippen LogP contribution in [0.5, 0.6) is 0 Å². The van der Waals surface area contributed by atoms with Crippen molar-refractivity contribution in [2.75, 3.05) is 13.1 Å². The van der Waals surface area contributed by atoms with Gasteiger partial charge in [0.2, 0.25) is 0 Å². The molecule has 1 atom stereocenters. The van der Waals surface area contributed by atoms with Crippen molar-refractivity contribution >= 4 is 14.5 Å². The number of rotatable bonds is 14. The second kappa shape index (κ2) is 13.9. The maximum atomic E-state index is 6.74. The van der Waals surface area contributed by atoms with Gasteiger partial charge in [0.05, 0.1) is 6.23 Å². The summed E-state index contributed by atoms with van der Waals surface area (Å²) in [5.41, 5.74) is 0. The minimum atomic E-state index is -1.09. The van der Waals surface area contributed by atoms with Gasteiger partial charge in [-0.15, -0.1) is 0 Å². The molecule has 0 aromatic heterocycles. The highest BCUT2D eigenvalue weighted by Gasteiger charge is 2.28. The molecule has 0 amide bonds. The Hall–Kier alpha value is 0.452. The Labute approximate surface area is 145 Å². The van der Waals surface area contributed by atoms with E-state index < -0.39 is 14.5 Å². The predicted octanol–water partition coefficient (Wildman–Crippen LogP) is 5.94. The van der Waals surface area contributed by atoms with Crippen LogP contribution in [0.15, 0.2) is 0 Å². The molecule has 0 bridgehead atoms. The Morgan fingerprint density at radius 3 is 1.59 bits per heavy atom. The minimum Gasteiger partial charge on any atom is -0.487 e. The highest BCUT2D eigenvalue weighted by atomic mass is 27.2. The third-order valence-electron chi connectivity index (χ3n) is 4.17. The lowest BCUT2D eigenvalue weighted by Gasteiger charge is -2.34. The van der Waals surface area contributed by atoms with Crippen molar-refractivity contribution < 1.29 is 3.79 Å². The summed E-state index contributed by atoms with van der Waals surface area (Å²) in [6, 6.07) is 0. The average molecular weight is 328 g/mol. The monoisotopic (exact) mass is 327 g/mol. The summed E-state index contributed by atoms with van der Waals surface area (Å²) < 4.78 is 6.74. The van der Waals surface area contributed by atoms with Gasteiger partial charge in [0.15, 0.2) is 0 Å². The summed E-state index contributed by atoms with van der Waals surface area (Å²) in [5, 5.41) is 2.65. The normalized spacial score (nSPS) is 13.4. The van der Waals surface area contributed by atoms with E-state index in [2.05, 4.69) is 53.4 Å². The third-order valence-corrected chi connectivity index (χ3v) is 7.81. The zero-order valence-corrected chi connectivity index (χ0v) is 17.7. The number of hydrogen-bond donors (Lipinski definition) is 0. The number of nitrogens with zero attached hydrogens (tertiary/aromatic N) is 1. The minimum absolute atomic E-state index is 0.368. The van der Waals surface area contributed by atoms with Crippen LogP contribution in [0.1, 0.15) is 80.6 Å². The molecule has 2 nitrogen and oxygen atoms in total. The second-order valence-electron chi connectivity index (χ2n) is 7.62. The van der Waals surface area contributed by atoms with Gasteiger partial charge in [0, 0.05) is 13.1 Å². The van der Waals surface area contributed by atoms with Crippen molar-refractivity contribution in [1.82, 2.24) is 4.90 Å². The van der Waals surface area contributed by atoms with E-state index in [1.165, 1.54) is 49.3 Å². The summed E-state index contributed by atoms with van der Waals surface area (Å²) in [7, 11) is 0. The Bertz CT molecular complexity index is 228. The van der Waals surface area contributed by atoms with E-state index in [0.29, 0.717) is 6.23 Å². The summed E-state index contributed by atoms with van der Waals surface area (Å²) >= 11 is -1.09. The lowest BCUT2D eigenvalue weighted by molar-refractivity contribution is 0.0162. The van der Waals surface area contributed by atoms with Crippen molar-refractivity contribution in [3.63, 3.8) is 0 Å². The van der Waals surface area contributed by atoms with Crippen LogP contribution in [-0.2, 0) is 3.79 Å². The number of unbranched alkanes of at least 4 members (excludes halogenated alkanes) is 2. The van der Waals surface area contributed by atoms with Crippen molar-refractivity contribution in [3.8, 4) is 0 Å². The highest BCUT2D eigenvalue weighted by molar-refractivity contribution is 6.52. The van der Waals surface area contributed by atoms with Gasteiger partial charge in [-0.25, -0.2) is 0 Å². The maximum absolute atomic E-state index is 6.74. The Balaban J connectivity index is 4.72. The molecular weight excluding hydrogens is 285 g/mol. The van der Waals surface area contributed by atoms with Crippen LogP contribution in [0, 0.1) is 11.8 Å². The fraction of sp³-hybridized carbons (Fsp3) is 1.00. The molecule has 0 aromatic rings. The lowest BCUT2D eigenvalue weighted by atomic mass is 10.2. The molecule has 0 aliphatic heterocycles. The topological polar surface area (TPSA) is 12.5 Å². The van der Waals surface area contributed by atoms with Crippen molar-refractivity contribution in [3.05, 3.63) is 0 Å². The van der Waals surface area contributed by atoms with Crippen LogP contribution in [0.4, 0.5) is 0 Å². The Morgan fingerprint density at radius 1 is 0.818 bits per heavy atom. The molecule has 1 unspecified atom stereocenters. The molecule has 22 heavy (non-hydrogen) atoms. The smallest absolute Gasteiger partial charge is 0.462 e. The average Bonchev–Trinajstić information content (AvgIpc) is 2.44. The first-order valence-electron chi connectivity index (χ1n) is 9.83. The largest absolute Gasteiger partial charge is 0.487 e. The molecule has 0 saturated carbocycles. The van der Waals surface area contributed by atoms with Gasteiger partial charge in [0.1, 0.15) is 0 Å². The van der Waals surface area contributed by atoms with E-state index in [1.54, 1.807) is 0 Å². The van der Waals surface area contributed by atoms with Gasteiger partial charge in [-0.05, 0) is 19.3 Å². The van der Waals surface area contributed by atoms with Crippen molar-refractivity contribution in [1.29, 1.82) is 0 Å². The first-order valence-corrected chi connectivity index (χ1v) is 11.9. The number of hydrogen-bond acceptors (Lipinski definition) is 2. The fourth-order valence-electron chi connectivity index (χ4n) is 3.04. The van der Waals surface area contributed by atoms with Crippen LogP contribution in [-0.4, -0.2) is 38.7 Å². The molecule has 0 radical (unpaired) electrons. The van der Waals surface area contributed by atoms with Crippen LogP contribution in [0.3, 0.4) is 0 Å². The first kappa shape index (κ1) is 22.5. The summed E-state index contributed by atoms with van der Waals surface area (Å²) in [6.07, 6.45) is 6.64. The Morgan fingerprint density at radius 2 is 1.27 bits per heavy atom. The molecule has 0 aliphatic rings.